The molecule has 1 heterocycles. The summed E-state index contributed by atoms with van der Waals surface area (Å²) in [4.78, 5) is 29.2. The molecule has 1 aromatic heterocycles. The first kappa shape index (κ1) is 20.8. The molecule has 0 aliphatic rings. The summed E-state index contributed by atoms with van der Waals surface area (Å²) < 4.78 is 13.4. The lowest BCUT2D eigenvalue weighted by Crippen LogP contribution is -2.41. The number of urea groups is 1. The van der Waals surface area contributed by atoms with Crippen LogP contribution in [-0.4, -0.2) is 33.7 Å². The highest BCUT2D eigenvalue weighted by atomic mass is 35.5. The third-order valence-corrected chi connectivity index (χ3v) is 4.94. The van der Waals surface area contributed by atoms with Crippen molar-refractivity contribution in [3.63, 3.8) is 0 Å². The van der Waals surface area contributed by atoms with Crippen molar-refractivity contribution >= 4 is 34.1 Å². The molecule has 0 saturated heterocycles. The number of aliphatic hydroxyl groups excluding tert-OH is 1. The Bertz CT molecular complexity index is 1100. The summed E-state index contributed by atoms with van der Waals surface area (Å²) in [7, 11) is 0. The second kappa shape index (κ2) is 8.63. The molecule has 0 spiro atoms. The van der Waals surface area contributed by atoms with Gasteiger partial charge < -0.3 is 20.3 Å². The number of hydrogen-bond acceptors (Lipinski definition) is 3. The molecule has 2 aromatic carbocycles. The summed E-state index contributed by atoms with van der Waals surface area (Å²) in [5, 5.41) is 13.7. The number of anilines is 1. The first-order valence-corrected chi connectivity index (χ1v) is 9.46. The molecule has 8 heteroatoms. The van der Waals surface area contributed by atoms with E-state index >= 15 is 0 Å². The molecule has 6 nitrogen and oxygen atoms in total. The second-order valence-electron chi connectivity index (χ2n) is 6.86. The normalized spacial score (nSPS) is 13.1. The SMILES string of the molecule is CC(O)CN(C(=O)Nc1ccc(F)c(Cl)c1)C(C)c1c[nH]c(=O)c2ccccc12. The molecule has 0 aliphatic heterocycles. The van der Waals surface area contributed by atoms with Gasteiger partial charge in [0, 0.05) is 23.8 Å². The van der Waals surface area contributed by atoms with Crippen LogP contribution in [0.3, 0.4) is 0 Å². The predicted octanol–water partition coefficient (Wildman–Crippen LogP) is 4.30. The first-order chi connectivity index (χ1) is 13.8. The fourth-order valence-electron chi connectivity index (χ4n) is 3.22. The molecule has 3 aromatic rings. The van der Waals surface area contributed by atoms with Crippen molar-refractivity contribution in [3.8, 4) is 0 Å². The van der Waals surface area contributed by atoms with E-state index < -0.39 is 24.0 Å². The van der Waals surface area contributed by atoms with Crippen molar-refractivity contribution in [2.75, 3.05) is 11.9 Å². The topological polar surface area (TPSA) is 85.4 Å². The number of aromatic nitrogens is 1. The van der Waals surface area contributed by atoms with Crippen LogP contribution in [0.1, 0.15) is 25.5 Å². The Morgan fingerprint density at radius 1 is 1.24 bits per heavy atom. The van der Waals surface area contributed by atoms with Gasteiger partial charge in [0.2, 0.25) is 0 Å². The minimum atomic E-state index is -0.783. The number of nitrogens with one attached hydrogen (secondary N) is 2. The first-order valence-electron chi connectivity index (χ1n) is 9.09. The van der Waals surface area contributed by atoms with Gasteiger partial charge in [-0.25, -0.2) is 9.18 Å². The summed E-state index contributed by atoms with van der Waals surface area (Å²) in [6, 6.07) is 10.0. The van der Waals surface area contributed by atoms with Gasteiger partial charge in [-0.05, 0) is 49.1 Å². The van der Waals surface area contributed by atoms with Gasteiger partial charge in [-0.1, -0.05) is 29.8 Å². The van der Waals surface area contributed by atoms with Crippen LogP contribution in [-0.2, 0) is 0 Å². The fourth-order valence-corrected chi connectivity index (χ4v) is 3.40. The lowest BCUT2D eigenvalue weighted by atomic mass is 10.0. The van der Waals surface area contributed by atoms with E-state index in [1.54, 1.807) is 32.2 Å². The van der Waals surface area contributed by atoms with Gasteiger partial charge >= 0.3 is 6.03 Å². The Labute approximate surface area is 171 Å². The minimum Gasteiger partial charge on any atom is -0.392 e. The van der Waals surface area contributed by atoms with Gasteiger partial charge in [0.25, 0.3) is 5.56 Å². The largest absolute Gasteiger partial charge is 0.392 e. The van der Waals surface area contributed by atoms with Crippen molar-refractivity contribution in [2.45, 2.75) is 26.0 Å². The number of halogens is 2. The van der Waals surface area contributed by atoms with Crippen LogP contribution < -0.4 is 10.9 Å². The summed E-state index contributed by atoms with van der Waals surface area (Å²) in [5.74, 6) is -0.585. The Balaban J connectivity index is 1.96. The zero-order chi connectivity index (χ0) is 21.1. The van der Waals surface area contributed by atoms with Gasteiger partial charge in [0.05, 0.1) is 17.2 Å². The molecule has 3 N–H and O–H groups in total. The van der Waals surface area contributed by atoms with Crippen molar-refractivity contribution < 1.29 is 14.3 Å². The number of H-pyrrole nitrogens is 1. The number of aromatic amines is 1. The molecule has 152 valence electrons. The van der Waals surface area contributed by atoms with Crippen molar-refractivity contribution in [1.82, 2.24) is 9.88 Å². The summed E-state index contributed by atoms with van der Waals surface area (Å²) in [5.41, 5.74) is 0.840. The number of hydrogen-bond donors (Lipinski definition) is 3. The molecule has 2 atom stereocenters. The van der Waals surface area contributed by atoms with Crippen LogP contribution in [0, 0.1) is 5.82 Å². The highest BCUT2D eigenvalue weighted by Crippen LogP contribution is 2.27. The van der Waals surface area contributed by atoms with E-state index in [2.05, 4.69) is 10.3 Å². The van der Waals surface area contributed by atoms with Crippen molar-refractivity contribution in [2.24, 2.45) is 0 Å². The number of aliphatic hydroxyl groups is 1. The third-order valence-electron chi connectivity index (χ3n) is 4.65. The highest BCUT2D eigenvalue weighted by Gasteiger charge is 2.25. The number of fused-ring (bicyclic) bond motifs is 1. The Hall–Kier alpha value is -2.90. The summed E-state index contributed by atoms with van der Waals surface area (Å²) >= 11 is 5.79. The zero-order valence-electron chi connectivity index (χ0n) is 15.9. The maximum atomic E-state index is 13.4. The maximum absolute atomic E-state index is 13.4. The number of carbonyl (C=O) groups is 1. The van der Waals surface area contributed by atoms with E-state index in [-0.39, 0.29) is 17.1 Å². The minimum absolute atomic E-state index is 0.0510. The monoisotopic (exact) mass is 417 g/mol. The maximum Gasteiger partial charge on any atom is 0.322 e. The number of carbonyl (C=O) groups excluding carboxylic acids is 1. The number of pyridine rings is 1. The van der Waals surface area contributed by atoms with Crippen LogP contribution in [0.25, 0.3) is 10.8 Å². The standard InChI is InChI=1S/C21H21ClFN3O3/c1-12(27)11-26(21(29)25-14-7-8-19(23)18(22)9-14)13(2)17-10-24-20(28)16-6-4-3-5-15(16)17/h3-10,12-13,27H,11H2,1-2H3,(H,24,28)(H,25,29). The number of nitrogens with zero attached hydrogens (tertiary/aromatic N) is 1. The quantitative estimate of drug-likeness (QED) is 0.578. The van der Waals surface area contributed by atoms with Crippen LogP contribution in [0.15, 0.2) is 53.5 Å². The lowest BCUT2D eigenvalue weighted by molar-refractivity contribution is 0.121. The van der Waals surface area contributed by atoms with Gasteiger partial charge in [-0.15, -0.1) is 0 Å². The number of amides is 2. The van der Waals surface area contributed by atoms with E-state index in [1.165, 1.54) is 17.0 Å². The molecule has 3 rings (SSSR count). The number of benzene rings is 2. The van der Waals surface area contributed by atoms with Crippen LogP contribution in [0.2, 0.25) is 5.02 Å². The lowest BCUT2D eigenvalue weighted by Gasteiger charge is -2.31. The van der Waals surface area contributed by atoms with Crippen LogP contribution in [0.5, 0.6) is 0 Å². The predicted molar refractivity (Wildman–Crippen MR) is 112 cm³/mol. The second-order valence-corrected chi connectivity index (χ2v) is 7.26. The van der Waals surface area contributed by atoms with E-state index in [0.29, 0.717) is 11.1 Å². The molecular weight excluding hydrogens is 397 g/mol. The van der Waals surface area contributed by atoms with Gasteiger partial charge in [-0.3, -0.25) is 4.79 Å². The Morgan fingerprint density at radius 3 is 2.59 bits per heavy atom. The van der Waals surface area contributed by atoms with Crippen molar-refractivity contribution in [1.29, 1.82) is 0 Å². The third kappa shape index (κ3) is 4.58. The molecule has 0 fully saturated rings. The van der Waals surface area contributed by atoms with E-state index in [0.717, 1.165) is 17.0 Å². The van der Waals surface area contributed by atoms with Gasteiger partial charge in [-0.2, -0.15) is 0 Å². The molecule has 0 aliphatic carbocycles. The Morgan fingerprint density at radius 2 is 1.93 bits per heavy atom. The molecule has 2 amide bonds. The van der Waals surface area contributed by atoms with Crippen LogP contribution >= 0.6 is 11.6 Å². The molecule has 0 radical (unpaired) electrons. The van der Waals surface area contributed by atoms with Crippen LogP contribution in [0.4, 0.5) is 14.9 Å². The van der Waals surface area contributed by atoms with Gasteiger partial charge in [0.1, 0.15) is 5.82 Å². The highest BCUT2D eigenvalue weighted by molar-refractivity contribution is 6.31. The average molecular weight is 418 g/mol. The Kier molecular flexibility index (Phi) is 6.20. The molecule has 0 saturated carbocycles. The van der Waals surface area contributed by atoms with E-state index in [1.807, 2.05) is 12.1 Å². The fraction of sp³-hybridized carbons (Fsp3) is 0.238. The molecule has 0 bridgehead atoms. The summed E-state index contributed by atoms with van der Waals surface area (Å²) in [6.45, 7) is 3.43. The zero-order valence-corrected chi connectivity index (χ0v) is 16.7. The van der Waals surface area contributed by atoms with Gasteiger partial charge in [0.15, 0.2) is 0 Å². The molecular formula is C21H21ClFN3O3. The molecule has 29 heavy (non-hydrogen) atoms. The molecule has 2 unspecified atom stereocenters. The van der Waals surface area contributed by atoms with E-state index in [4.69, 9.17) is 11.6 Å². The summed E-state index contributed by atoms with van der Waals surface area (Å²) in [6.07, 6.45) is 0.793. The smallest absolute Gasteiger partial charge is 0.322 e. The number of rotatable bonds is 5. The van der Waals surface area contributed by atoms with E-state index in [9.17, 15) is 19.1 Å². The average Bonchev–Trinajstić information content (AvgIpc) is 2.69. The van der Waals surface area contributed by atoms with Crippen molar-refractivity contribution in [3.05, 3.63) is 75.4 Å².